The number of carbonyl (C=O) groups excluding carboxylic acids is 2. The van der Waals surface area contributed by atoms with Crippen molar-refractivity contribution in [2.24, 2.45) is 0 Å². The van der Waals surface area contributed by atoms with Crippen LogP contribution in [-0.4, -0.2) is 87.4 Å². The summed E-state index contributed by atoms with van der Waals surface area (Å²) < 4.78 is 22.7. The first-order valence-corrected chi connectivity index (χ1v) is 27.1. The summed E-state index contributed by atoms with van der Waals surface area (Å²) >= 11 is 0. The number of likely N-dealkylation sites (N-methyl/N-ethyl adjacent to an activating group) is 1. The van der Waals surface area contributed by atoms with E-state index in [1.165, 1.54) is 51.4 Å². The number of carboxylic acids is 1. The maximum absolute atomic E-state index is 12.8. The average molecular weight is 963 g/mol. The Balaban J connectivity index is 4.28. The largest absolute Gasteiger partial charge is 0.477 e. The first-order valence-electron chi connectivity index (χ1n) is 27.1. The monoisotopic (exact) mass is 963 g/mol. The van der Waals surface area contributed by atoms with Crippen molar-refractivity contribution >= 4 is 17.9 Å². The minimum atomic E-state index is -1.52. The SMILES string of the molecule is CC/C=C\C/C=C\C/C=C\C/C=C\C/C=C\C/C=C\C/C=C\C/C=C\C/C=C\CCCCCCCC(=O)OC(COC(=O)CCCCCCCCCCCCC)COC(OCC[N+](C)(C)C)C(=O)O. The summed E-state index contributed by atoms with van der Waals surface area (Å²) in [6.07, 6.45) is 65.9. The quantitative estimate of drug-likeness (QED) is 0.0211. The Labute approximate surface area is 422 Å². The molecule has 0 aliphatic carbocycles. The van der Waals surface area contributed by atoms with Gasteiger partial charge in [0, 0.05) is 12.8 Å². The molecule has 0 spiro atoms. The average Bonchev–Trinajstić information content (AvgIpc) is 3.31. The van der Waals surface area contributed by atoms with Crippen molar-refractivity contribution in [2.75, 3.05) is 47.5 Å². The lowest BCUT2D eigenvalue weighted by Crippen LogP contribution is -2.40. The zero-order valence-electron chi connectivity index (χ0n) is 44.4. The topological polar surface area (TPSA) is 108 Å². The van der Waals surface area contributed by atoms with Crippen molar-refractivity contribution in [2.45, 2.75) is 206 Å². The van der Waals surface area contributed by atoms with E-state index in [0.717, 1.165) is 109 Å². The Morgan fingerprint density at radius 2 is 0.826 bits per heavy atom. The molecule has 0 aromatic heterocycles. The fourth-order valence-corrected chi connectivity index (χ4v) is 6.89. The Morgan fingerprint density at radius 3 is 1.23 bits per heavy atom. The molecule has 0 aromatic rings. The Bertz CT molecular complexity index is 1490. The molecule has 0 heterocycles. The number of carboxylic acid groups (broad SMARTS) is 1. The van der Waals surface area contributed by atoms with Crippen molar-refractivity contribution in [3.63, 3.8) is 0 Å². The lowest BCUT2D eigenvalue weighted by Gasteiger charge is -2.25. The summed E-state index contributed by atoms with van der Waals surface area (Å²) in [6, 6.07) is 0. The summed E-state index contributed by atoms with van der Waals surface area (Å²) in [5.74, 6) is -2.04. The van der Waals surface area contributed by atoms with Gasteiger partial charge in [-0.2, -0.15) is 0 Å². The third-order valence-electron chi connectivity index (χ3n) is 11.0. The standard InChI is InChI=1S/C60H99NO8/c1-6-8-10-12-14-16-18-19-20-21-22-23-24-25-26-27-28-29-30-31-32-33-34-35-36-37-38-39-41-43-45-47-49-51-58(63)69-56(55-68-60(59(64)65)66-53-52-61(3,4)5)54-67-57(62)50-48-46-44-42-40-17-15-13-11-9-7-2/h8,10,14,16,19-20,22-23,25-26,28-29,31-32,34-35,37-38,56,60H,6-7,9,11-13,15,17-18,21,24,27,30,33,36,39-55H2,1-5H3/p+1/b10-8-,16-14-,20-19-,23-22-,26-25-,29-28-,32-31-,35-34-,38-37-. The highest BCUT2D eigenvalue weighted by atomic mass is 16.7. The van der Waals surface area contributed by atoms with Crippen molar-refractivity contribution < 1.29 is 42.9 Å². The van der Waals surface area contributed by atoms with Gasteiger partial charge in [-0.15, -0.1) is 0 Å². The van der Waals surface area contributed by atoms with Crippen LogP contribution in [0.2, 0.25) is 0 Å². The summed E-state index contributed by atoms with van der Waals surface area (Å²) in [4.78, 5) is 37.2. The first kappa shape index (κ1) is 65.0. The maximum atomic E-state index is 12.8. The molecule has 69 heavy (non-hydrogen) atoms. The summed E-state index contributed by atoms with van der Waals surface area (Å²) in [6.45, 7) is 4.71. The van der Waals surface area contributed by atoms with Gasteiger partial charge in [-0.3, -0.25) is 9.59 Å². The van der Waals surface area contributed by atoms with Crippen molar-refractivity contribution in [3.05, 3.63) is 109 Å². The van der Waals surface area contributed by atoms with Crippen LogP contribution in [0.5, 0.6) is 0 Å². The van der Waals surface area contributed by atoms with Crippen LogP contribution in [0.25, 0.3) is 0 Å². The van der Waals surface area contributed by atoms with Gasteiger partial charge < -0.3 is 28.5 Å². The number of carbonyl (C=O) groups is 3. The molecule has 392 valence electrons. The van der Waals surface area contributed by atoms with Crippen molar-refractivity contribution in [1.29, 1.82) is 0 Å². The zero-order valence-corrected chi connectivity index (χ0v) is 44.4. The number of nitrogens with zero attached hydrogens (tertiary/aromatic N) is 1. The van der Waals surface area contributed by atoms with Gasteiger partial charge in [0.15, 0.2) is 6.10 Å². The summed E-state index contributed by atoms with van der Waals surface area (Å²) in [7, 11) is 5.94. The number of aliphatic carboxylic acids is 1. The number of ether oxygens (including phenoxy) is 4. The number of allylic oxidation sites excluding steroid dienone is 18. The number of hydrogen-bond acceptors (Lipinski definition) is 7. The molecule has 0 rings (SSSR count). The highest BCUT2D eigenvalue weighted by Gasteiger charge is 2.25. The Kier molecular flexibility index (Phi) is 47.4. The highest BCUT2D eigenvalue weighted by Crippen LogP contribution is 2.14. The van der Waals surface area contributed by atoms with Crippen LogP contribution in [0.3, 0.4) is 0 Å². The van der Waals surface area contributed by atoms with E-state index in [1.54, 1.807) is 0 Å². The third-order valence-corrected chi connectivity index (χ3v) is 11.0. The molecule has 0 aromatic carbocycles. The lowest BCUT2D eigenvalue weighted by molar-refractivity contribution is -0.870. The highest BCUT2D eigenvalue weighted by molar-refractivity contribution is 5.71. The molecule has 0 amide bonds. The van der Waals surface area contributed by atoms with Gasteiger partial charge in [-0.1, -0.05) is 207 Å². The van der Waals surface area contributed by atoms with Gasteiger partial charge in [0.2, 0.25) is 0 Å². The summed E-state index contributed by atoms with van der Waals surface area (Å²) in [5.41, 5.74) is 0. The number of esters is 2. The molecule has 1 N–H and O–H groups in total. The molecule has 2 unspecified atom stereocenters. The molecule has 0 fully saturated rings. The molecule has 9 heteroatoms. The summed E-state index contributed by atoms with van der Waals surface area (Å²) in [5, 5.41) is 9.66. The second kappa shape index (κ2) is 50.3. The number of rotatable bonds is 48. The molecular formula is C60H100NO8+. The molecule has 0 saturated carbocycles. The van der Waals surface area contributed by atoms with E-state index in [9.17, 15) is 19.5 Å². The number of unbranched alkanes of at least 4 members (excludes halogenated alkanes) is 15. The van der Waals surface area contributed by atoms with Crippen LogP contribution in [0.4, 0.5) is 0 Å². The van der Waals surface area contributed by atoms with E-state index in [-0.39, 0.29) is 32.2 Å². The number of quaternary nitrogens is 1. The van der Waals surface area contributed by atoms with Crippen LogP contribution >= 0.6 is 0 Å². The van der Waals surface area contributed by atoms with Gasteiger partial charge in [-0.05, 0) is 83.5 Å². The molecule has 0 saturated heterocycles. The van der Waals surface area contributed by atoms with Crippen LogP contribution in [0, 0.1) is 0 Å². The smallest absolute Gasteiger partial charge is 0.361 e. The van der Waals surface area contributed by atoms with E-state index in [1.807, 2.05) is 21.1 Å². The van der Waals surface area contributed by atoms with E-state index < -0.39 is 24.3 Å². The van der Waals surface area contributed by atoms with Gasteiger partial charge in [0.05, 0.1) is 34.4 Å². The fraction of sp³-hybridized carbons (Fsp3) is 0.650. The van der Waals surface area contributed by atoms with Crippen LogP contribution in [0.15, 0.2) is 109 Å². The molecule has 0 radical (unpaired) electrons. The molecule has 2 atom stereocenters. The maximum Gasteiger partial charge on any atom is 0.361 e. The van der Waals surface area contributed by atoms with Crippen molar-refractivity contribution in [3.8, 4) is 0 Å². The van der Waals surface area contributed by atoms with E-state index >= 15 is 0 Å². The van der Waals surface area contributed by atoms with E-state index in [4.69, 9.17) is 18.9 Å². The van der Waals surface area contributed by atoms with Gasteiger partial charge >= 0.3 is 17.9 Å². The molecule has 0 aliphatic rings. The molecular weight excluding hydrogens is 863 g/mol. The van der Waals surface area contributed by atoms with Crippen LogP contribution in [0.1, 0.15) is 194 Å². The lowest BCUT2D eigenvalue weighted by atomic mass is 10.1. The van der Waals surface area contributed by atoms with E-state index in [0.29, 0.717) is 23.9 Å². The van der Waals surface area contributed by atoms with Crippen LogP contribution in [-0.2, 0) is 33.3 Å². The molecule has 0 bridgehead atoms. The van der Waals surface area contributed by atoms with Gasteiger partial charge in [0.25, 0.3) is 6.29 Å². The second-order valence-electron chi connectivity index (χ2n) is 18.8. The molecule has 9 nitrogen and oxygen atoms in total. The van der Waals surface area contributed by atoms with Crippen LogP contribution < -0.4 is 0 Å². The first-order chi connectivity index (χ1) is 33.6. The van der Waals surface area contributed by atoms with Crippen molar-refractivity contribution in [1.82, 2.24) is 0 Å². The predicted molar refractivity (Wildman–Crippen MR) is 290 cm³/mol. The minimum absolute atomic E-state index is 0.179. The second-order valence-corrected chi connectivity index (χ2v) is 18.8. The van der Waals surface area contributed by atoms with Gasteiger partial charge in [-0.25, -0.2) is 4.79 Å². The zero-order chi connectivity index (χ0) is 50.6. The van der Waals surface area contributed by atoms with E-state index in [2.05, 4.69) is 123 Å². The predicted octanol–water partition coefficient (Wildman–Crippen LogP) is 15.6. The van der Waals surface area contributed by atoms with Gasteiger partial charge in [0.1, 0.15) is 13.2 Å². The number of hydrogen-bond donors (Lipinski definition) is 1. The Hall–Kier alpha value is -4.05. The normalized spacial score (nSPS) is 13.7. The fourth-order valence-electron chi connectivity index (χ4n) is 6.89. The molecule has 0 aliphatic heterocycles. The third kappa shape index (κ3) is 51.6. The Morgan fingerprint density at radius 1 is 0.449 bits per heavy atom. The minimum Gasteiger partial charge on any atom is -0.477 e.